The molecule has 0 fully saturated rings. The van der Waals surface area contributed by atoms with E-state index in [2.05, 4.69) is 12.6 Å². The first-order chi connectivity index (χ1) is 6.13. The molecule has 0 amide bonds. The molecular formula is C10H12O2S. The van der Waals surface area contributed by atoms with E-state index in [1.807, 2.05) is 6.07 Å². The van der Waals surface area contributed by atoms with Gasteiger partial charge < -0.3 is 5.11 Å². The molecule has 2 nitrogen and oxygen atoms in total. The summed E-state index contributed by atoms with van der Waals surface area (Å²) < 4.78 is 0. The van der Waals surface area contributed by atoms with Gasteiger partial charge in [-0.2, -0.15) is 12.6 Å². The number of hydrogen-bond acceptors (Lipinski definition) is 3. The summed E-state index contributed by atoms with van der Waals surface area (Å²) in [6, 6.07) is 8.85. The van der Waals surface area contributed by atoms with Crippen LogP contribution in [0.15, 0.2) is 30.3 Å². The lowest BCUT2D eigenvalue weighted by Crippen LogP contribution is -2.19. The predicted molar refractivity (Wildman–Crippen MR) is 54.9 cm³/mol. The molecule has 1 aromatic carbocycles. The van der Waals surface area contributed by atoms with Crippen molar-refractivity contribution in [1.82, 2.24) is 0 Å². The third-order valence-corrected chi connectivity index (χ3v) is 2.05. The van der Waals surface area contributed by atoms with Crippen LogP contribution in [-0.2, 0) is 4.79 Å². The molecule has 0 heterocycles. The van der Waals surface area contributed by atoms with Crippen LogP contribution in [0.1, 0.15) is 18.6 Å². The Morgan fingerprint density at radius 2 is 1.92 bits per heavy atom. The van der Waals surface area contributed by atoms with Crippen molar-refractivity contribution in [3.05, 3.63) is 35.9 Å². The first-order valence-corrected chi connectivity index (χ1v) is 4.59. The lowest BCUT2D eigenvalue weighted by Gasteiger charge is -2.11. The Bertz CT molecular complexity index is 282. The van der Waals surface area contributed by atoms with E-state index in [1.54, 1.807) is 31.2 Å². The van der Waals surface area contributed by atoms with Crippen molar-refractivity contribution in [2.24, 2.45) is 0 Å². The third kappa shape index (κ3) is 2.57. The molecule has 0 aliphatic heterocycles. The highest BCUT2D eigenvalue weighted by atomic mass is 32.1. The van der Waals surface area contributed by atoms with E-state index in [1.165, 1.54) is 0 Å². The highest BCUT2D eigenvalue weighted by molar-refractivity contribution is 7.81. The normalized spacial score (nSPS) is 15.0. The first-order valence-electron chi connectivity index (χ1n) is 4.07. The van der Waals surface area contributed by atoms with Gasteiger partial charge in [0.1, 0.15) is 6.10 Å². The molecule has 0 aromatic heterocycles. The van der Waals surface area contributed by atoms with Crippen LogP contribution >= 0.6 is 12.6 Å². The Balaban J connectivity index is 2.80. The molecule has 0 bridgehead atoms. The number of benzene rings is 1. The Morgan fingerprint density at radius 3 is 2.38 bits per heavy atom. The monoisotopic (exact) mass is 196 g/mol. The van der Waals surface area contributed by atoms with Crippen molar-refractivity contribution in [3.63, 3.8) is 0 Å². The van der Waals surface area contributed by atoms with Gasteiger partial charge in [-0.3, -0.25) is 4.79 Å². The predicted octanol–water partition coefficient (Wildman–Crippen LogP) is 1.61. The lowest BCUT2D eigenvalue weighted by molar-refractivity contribution is -0.126. The number of thiol groups is 1. The minimum Gasteiger partial charge on any atom is -0.381 e. The Labute approximate surface area is 83.0 Å². The fourth-order valence-corrected chi connectivity index (χ4v) is 1.17. The fourth-order valence-electron chi connectivity index (χ4n) is 1.03. The topological polar surface area (TPSA) is 37.3 Å². The van der Waals surface area contributed by atoms with Crippen molar-refractivity contribution >= 4 is 18.4 Å². The van der Waals surface area contributed by atoms with Crippen molar-refractivity contribution in [2.75, 3.05) is 0 Å². The number of carbonyl (C=O) groups excluding carboxylic acids is 1. The average molecular weight is 196 g/mol. The van der Waals surface area contributed by atoms with Gasteiger partial charge in [0.2, 0.25) is 0 Å². The van der Waals surface area contributed by atoms with Crippen LogP contribution in [0.2, 0.25) is 0 Å². The van der Waals surface area contributed by atoms with Gasteiger partial charge in [-0.1, -0.05) is 30.3 Å². The SMILES string of the molecule is CC(S)C(=O)[C@H](O)c1ccccc1. The van der Waals surface area contributed by atoms with Crippen LogP contribution < -0.4 is 0 Å². The van der Waals surface area contributed by atoms with E-state index in [0.717, 1.165) is 0 Å². The number of carbonyl (C=O) groups is 1. The molecule has 1 N–H and O–H groups in total. The molecule has 0 aliphatic carbocycles. The highest BCUT2D eigenvalue weighted by Crippen LogP contribution is 2.16. The van der Waals surface area contributed by atoms with E-state index < -0.39 is 11.4 Å². The summed E-state index contributed by atoms with van der Waals surface area (Å²) >= 11 is 3.97. The number of ketones is 1. The maximum Gasteiger partial charge on any atom is 0.178 e. The number of hydrogen-bond donors (Lipinski definition) is 2. The molecule has 3 heteroatoms. The van der Waals surface area contributed by atoms with E-state index in [-0.39, 0.29) is 5.78 Å². The molecule has 0 saturated carbocycles. The van der Waals surface area contributed by atoms with Crippen LogP contribution in [0, 0.1) is 0 Å². The molecule has 1 unspecified atom stereocenters. The van der Waals surface area contributed by atoms with Crippen LogP contribution in [-0.4, -0.2) is 16.1 Å². The van der Waals surface area contributed by atoms with Crippen LogP contribution in [0.4, 0.5) is 0 Å². The summed E-state index contributed by atoms with van der Waals surface area (Å²) in [6.45, 7) is 1.65. The lowest BCUT2D eigenvalue weighted by atomic mass is 10.0. The minimum atomic E-state index is -1.05. The summed E-state index contributed by atoms with van der Waals surface area (Å²) in [4.78, 5) is 11.3. The molecule has 13 heavy (non-hydrogen) atoms. The number of rotatable bonds is 3. The molecule has 0 aliphatic rings. The van der Waals surface area contributed by atoms with Crippen LogP contribution in [0.25, 0.3) is 0 Å². The van der Waals surface area contributed by atoms with Gasteiger partial charge in [-0.25, -0.2) is 0 Å². The molecule has 0 radical (unpaired) electrons. The quantitative estimate of drug-likeness (QED) is 0.721. The van der Waals surface area contributed by atoms with E-state index >= 15 is 0 Å². The Hall–Kier alpha value is -0.800. The summed E-state index contributed by atoms with van der Waals surface area (Å²) in [7, 11) is 0. The second kappa shape index (κ2) is 4.44. The molecule has 1 aromatic rings. The fraction of sp³-hybridized carbons (Fsp3) is 0.300. The van der Waals surface area contributed by atoms with Gasteiger partial charge in [0.05, 0.1) is 5.25 Å². The first kappa shape index (κ1) is 10.3. The van der Waals surface area contributed by atoms with Gasteiger partial charge in [0, 0.05) is 0 Å². The second-order valence-corrected chi connectivity index (χ2v) is 3.67. The Kier molecular flexibility index (Phi) is 3.51. The standard InChI is InChI=1S/C10H12O2S/c1-7(13)9(11)10(12)8-5-3-2-4-6-8/h2-7,10,12-13H,1H3/t7?,10-/m1/s1. The number of aliphatic hydroxyl groups excluding tert-OH is 1. The summed E-state index contributed by atoms with van der Waals surface area (Å²) in [5, 5.41) is 9.13. The number of Topliss-reactive ketones (excluding diaryl/α,β-unsaturated/α-hetero) is 1. The molecule has 0 spiro atoms. The zero-order chi connectivity index (χ0) is 9.84. The van der Waals surface area contributed by atoms with Gasteiger partial charge in [0.15, 0.2) is 5.78 Å². The maximum absolute atomic E-state index is 11.3. The third-order valence-electron chi connectivity index (χ3n) is 1.80. The second-order valence-electron chi connectivity index (χ2n) is 2.89. The van der Waals surface area contributed by atoms with Gasteiger partial charge >= 0.3 is 0 Å². The van der Waals surface area contributed by atoms with Crippen molar-refractivity contribution < 1.29 is 9.90 Å². The van der Waals surface area contributed by atoms with Crippen molar-refractivity contribution in [2.45, 2.75) is 18.3 Å². The van der Waals surface area contributed by atoms with E-state index in [0.29, 0.717) is 5.56 Å². The molecule has 1 rings (SSSR count). The average Bonchev–Trinajstić information content (AvgIpc) is 2.17. The minimum absolute atomic E-state index is 0.269. The summed E-state index contributed by atoms with van der Waals surface area (Å²) in [5.41, 5.74) is 0.619. The summed E-state index contributed by atoms with van der Waals surface area (Å²) in [5.74, 6) is -0.269. The number of aliphatic hydroxyl groups is 1. The largest absolute Gasteiger partial charge is 0.381 e. The van der Waals surface area contributed by atoms with E-state index in [9.17, 15) is 9.90 Å². The van der Waals surface area contributed by atoms with E-state index in [4.69, 9.17) is 0 Å². The smallest absolute Gasteiger partial charge is 0.178 e. The van der Waals surface area contributed by atoms with Crippen molar-refractivity contribution in [1.29, 1.82) is 0 Å². The highest BCUT2D eigenvalue weighted by Gasteiger charge is 2.20. The van der Waals surface area contributed by atoms with Gasteiger partial charge in [-0.15, -0.1) is 0 Å². The zero-order valence-electron chi connectivity index (χ0n) is 7.34. The maximum atomic E-state index is 11.3. The molecule has 70 valence electrons. The molecular weight excluding hydrogens is 184 g/mol. The Morgan fingerprint density at radius 1 is 1.38 bits per heavy atom. The van der Waals surface area contributed by atoms with Crippen molar-refractivity contribution in [3.8, 4) is 0 Å². The zero-order valence-corrected chi connectivity index (χ0v) is 8.24. The van der Waals surface area contributed by atoms with Gasteiger partial charge in [0.25, 0.3) is 0 Å². The van der Waals surface area contributed by atoms with Crippen LogP contribution in [0.5, 0.6) is 0 Å². The molecule has 0 saturated heterocycles. The summed E-state index contributed by atoms with van der Waals surface area (Å²) in [6.07, 6.45) is -1.05. The van der Waals surface area contributed by atoms with Gasteiger partial charge in [-0.05, 0) is 12.5 Å². The molecule has 2 atom stereocenters. The van der Waals surface area contributed by atoms with Crippen LogP contribution in [0.3, 0.4) is 0 Å².